The fourth-order valence-electron chi connectivity index (χ4n) is 9.33. The number of unbranched alkanes of at least 4 members (excludes halogenated alkanes) is 38. The first kappa shape index (κ1) is 71.1. The van der Waals surface area contributed by atoms with Crippen LogP contribution in [-0.4, -0.2) is 37.2 Å². The first-order chi connectivity index (χ1) is 36.5. The van der Waals surface area contributed by atoms with Gasteiger partial charge in [0.2, 0.25) is 0 Å². The number of hydrogen-bond acceptors (Lipinski definition) is 6. The first-order valence-corrected chi connectivity index (χ1v) is 32.3. The lowest BCUT2D eigenvalue weighted by Gasteiger charge is -2.18. The molecule has 0 aliphatic rings. The van der Waals surface area contributed by atoms with Crippen LogP contribution >= 0.6 is 0 Å². The molecule has 1 unspecified atom stereocenters. The Bertz CT molecular complexity index is 1330. The summed E-state index contributed by atoms with van der Waals surface area (Å²) in [6.07, 6.45) is 79.5. The summed E-state index contributed by atoms with van der Waals surface area (Å²) < 4.78 is 16.9. The Morgan fingerprint density at radius 3 is 0.811 bits per heavy atom. The molecule has 0 aromatic carbocycles. The van der Waals surface area contributed by atoms with E-state index in [0.29, 0.717) is 19.3 Å². The lowest BCUT2D eigenvalue weighted by molar-refractivity contribution is -0.167. The van der Waals surface area contributed by atoms with E-state index in [0.717, 1.165) is 103 Å². The molecule has 6 nitrogen and oxygen atoms in total. The van der Waals surface area contributed by atoms with E-state index in [9.17, 15) is 14.4 Å². The zero-order valence-corrected chi connectivity index (χ0v) is 49.4. The lowest BCUT2D eigenvalue weighted by Crippen LogP contribution is -2.30. The molecular formula is C68H122O6. The third kappa shape index (κ3) is 60.0. The third-order valence-electron chi connectivity index (χ3n) is 14.2. The maximum Gasteiger partial charge on any atom is 0.306 e. The molecule has 0 N–H and O–H groups in total. The summed E-state index contributed by atoms with van der Waals surface area (Å²) in [4.78, 5) is 38.2. The van der Waals surface area contributed by atoms with E-state index in [1.165, 1.54) is 193 Å². The van der Waals surface area contributed by atoms with Gasteiger partial charge in [0.15, 0.2) is 6.10 Å². The normalized spacial score (nSPS) is 12.4. The van der Waals surface area contributed by atoms with Crippen molar-refractivity contribution < 1.29 is 28.6 Å². The highest BCUT2D eigenvalue weighted by molar-refractivity contribution is 5.71. The Morgan fingerprint density at radius 2 is 0.514 bits per heavy atom. The summed E-state index contributed by atoms with van der Waals surface area (Å²) in [5.41, 5.74) is 0. The van der Waals surface area contributed by atoms with Crippen LogP contribution in [0.5, 0.6) is 0 Å². The summed E-state index contributed by atoms with van der Waals surface area (Å²) in [7, 11) is 0. The van der Waals surface area contributed by atoms with Gasteiger partial charge in [-0.2, -0.15) is 0 Å². The molecule has 74 heavy (non-hydrogen) atoms. The van der Waals surface area contributed by atoms with Crippen molar-refractivity contribution in [3.8, 4) is 0 Å². The first-order valence-electron chi connectivity index (χ1n) is 32.3. The second-order valence-corrected chi connectivity index (χ2v) is 21.7. The molecule has 0 amide bonds. The second-order valence-electron chi connectivity index (χ2n) is 21.7. The molecule has 0 saturated carbocycles. The molecule has 0 fully saturated rings. The Labute approximate surface area is 460 Å². The minimum Gasteiger partial charge on any atom is -0.462 e. The zero-order chi connectivity index (χ0) is 53.6. The van der Waals surface area contributed by atoms with Gasteiger partial charge in [0.1, 0.15) is 13.2 Å². The fourth-order valence-corrected chi connectivity index (χ4v) is 9.33. The van der Waals surface area contributed by atoms with Crippen LogP contribution in [0, 0.1) is 0 Å². The van der Waals surface area contributed by atoms with Crippen molar-refractivity contribution in [1.82, 2.24) is 0 Å². The summed E-state index contributed by atoms with van der Waals surface area (Å²) in [5, 5.41) is 0. The van der Waals surface area contributed by atoms with E-state index in [1.54, 1.807) is 0 Å². The van der Waals surface area contributed by atoms with Crippen molar-refractivity contribution in [1.29, 1.82) is 0 Å². The van der Waals surface area contributed by atoms with Gasteiger partial charge in [-0.15, -0.1) is 0 Å². The van der Waals surface area contributed by atoms with Gasteiger partial charge in [0.05, 0.1) is 0 Å². The van der Waals surface area contributed by atoms with Gasteiger partial charge in [-0.25, -0.2) is 0 Å². The maximum absolute atomic E-state index is 12.9. The van der Waals surface area contributed by atoms with Gasteiger partial charge in [0.25, 0.3) is 0 Å². The van der Waals surface area contributed by atoms with Crippen LogP contribution in [0.3, 0.4) is 0 Å². The molecule has 0 aromatic heterocycles. The number of allylic oxidation sites excluding steroid dienone is 10. The van der Waals surface area contributed by atoms with Crippen molar-refractivity contribution in [2.24, 2.45) is 0 Å². The van der Waals surface area contributed by atoms with E-state index in [2.05, 4.69) is 81.5 Å². The van der Waals surface area contributed by atoms with E-state index in [4.69, 9.17) is 14.2 Å². The molecule has 0 aromatic rings. The summed E-state index contributed by atoms with van der Waals surface area (Å²) in [5.74, 6) is -0.888. The van der Waals surface area contributed by atoms with Crippen molar-refractivity contribution in [2.45, 2.75) is 341 Å². The van der Waals surface area contributed by atoms with Crippen molar-refractivity contribution in [3.63, 3.8) is 0 Å². The monoisotopic (exact) mass is 1030 g/mol. The predicted molar refractivity (Wildman–Crippen MR) is 321 cm³/mol. The molecule has 1 atom stereocenters. The molecule has 0 rings (SSSR count). The predicted octanol–water partition coefficient (Wildman–Crippen LogP) is 21.9. The lowest BCUT2D eigenvalue weighted by atomic mass is 10.0. The van der Waals surface area contributed by atoms with E-state index < -0.39 is 6.10 Å². The maximum atomic E-state index is 12.9. The SMILES string of the molecule is CCC/C=C\C/C=C\CCCCCCCC(=O)OCC(COC(=O)CCCCCCCCCCCCCCCCCCC/C=C\C/C=C\CCCCCCC)OC(=O)CCCCCCC/C=C\CCCCCCC. The Hall–Kier alpha value is -2.89. The highest BCUT2D eigenvalue weighted by Gasteiger charge is 2.19. The Balaban J connectivity index is 4.17. The van der Waals surface area contributed by atoms with Crippen LogP contribution in [0.2, 0.25) is 0 Å². The molecule has 6 heteroatoms. The average Bonchev–Trinajstić information content (AvgIpc) is 3.40. The van der Waals surface area contributed by atoms with Gasteiger partial charge >= 0.3 is 17.9 Å². The molecule has 430 valence electrons. The number of hydrogen-bond donors (Lipinski definition) is 0. The molecule has 0 aliphatic carbocycles. The molecule has 0 radical (unpaired) electrons. The van der Waals surface area contributed by atoms with Crippen LogP contribution in [0.15, 0.2) is 60.8 Å². The molecule has 0 spiro atoms. The number of rotatable bonds is 59. The average molecular weight is 1040 g/mol. The van der Waals surface area contributed by atoms with E-state index >= 15 is 0 Å². The van der Waals surface area contributed by atoms with Gasteiger partial charge in [-0.1, -0.05) is 274 Å². The van der Waals surface area contributed by atoms with Gasteiger partial charge in [-0.05, 0) is 103 Å². The number of carbonyl (C=O) groups is 3. The minimum absolute atomic E-state index is 0.0795. The Kier molecular flexibility index (Phi) is 60.2. The molecular weight excluding hydrogens is 913 g/mol. The van der Waals surface area contributed by atoms with Crippen LogP contribution in [0.4, 0.5) is 0 Å². The number of carbonyl (C=O) groups excluding carboxylic acids is 3. The quantitative estimate of drug-likeness (QED) is 0.0261. The highest BCUT2D eigenvalue weighted by atomic mass is 16.6. The zero-order valence-electron chi connectivity index (χ0n) is 49.4. The van der Waals surface area contributed by atoms with E-state index in [1.807, 2.05) is 0 Å². The smallest absolute Gasteiger partial charge is 0.306 e. The van der Waals surface area contributed by atoms with E-state index in [-0.39, 0.29) is 31.1 Å². The summed E-state index contributed by atoms with van der Waals surface area (Å²) in [6.45, 7) is 6.57. The number of esters is 3. The van der Waals surface area contributed by atoms with Crippen LogP contribution < -0.4 is 0 Å². The molecule has 0 aliphatic heterocycles. The summed E-state index contributed by atoms with van der Waals surface area (Å²) in [6, 6.07) is 0. The molecule has 0 bridgehead atoms. The van der Waals surface area contributed by atoms with Crippen LogP contribution in [0.25, 0.3) is 0 Å². The van der Waals surface area contributed by atoms with Crippen molar-refractivity contribution in [2.75, 3.05) is 13.2 Å². The fraction of sp³-hybridized carbons (Fsp3) is 0.809. The van der Waals surface area contributed by atoms with Crippen LogP contribution in [0.1, 0.15) is 335 Å². The van der Waals surface area contributed by atoms with Crippen molar-refractivity contribution >= 4 is 17.9 Å². The second kappa shape index (κ2) is 62.6. The Morgan fingerprint density at radius 1 is 0.270 bits per heavy atom. The minimum atomic E-state index is -0.783. The molecule has 0 saturated heterocycles. The third-order valence-corrected chi connectivity index (χ3v) is 14.2. The standard InChI is InChI=1S/C68H122O6/c1-4-7-10-13-16-19-22-25-27-28-29-30-31-32-33-34-35-36-37-38-39-40-41-44-46-49-52-55-58-61-67(70)73-64-65(63-72-66(69)60-57-54-51-48-45-42-24-21-18-15-12-9-6-3)74-68(71)62-59-56-53-50-47-43-26-23-20-17-14-11-8-5-2/h12,15,21-26,28-29,65H,4-11,13-14,16-20,27,30-64H2,1-3H3/b15-12-,24-21-,25-22-,26-23-,29-28-. The highest BCUT2D eigenvalue weighted by Crippen LogP contribution is 2.17. The van der Waals surface area contributed by atoms with Crippen LogP contribution in [-0.2, 0) is 28.6 Å². The van der Waals surface area contributed by atoms with Gasteiger partial charge in [-0.3, -0.25) is 14.4 Å². The van der Waals surface area contributed by atoms with Gasteiger partial charge < -0.3 is 14.2 Å². The van der Waals surface area contributed by atoms with Gasteiger partial charge in [0, 0.05) is 19.3 Å². The van der Waals surface area contributed by atoms with Crippen molar-refractivity contribution in [3.05, 3.63) is 60.8 Å². The number of ether oxygens (including phenoxy) is 3. The molecule has 0 heterocycles. The largest absolute Gasteiger partial charge is 0.462 e. The summed E-state index contributed by atoms with van der Waals surface area (Å²) >= 11 is 0. The topological polar surface area (TPSA) is 78.9 Å².